The van der Waals surface area contributed by atoms with E-state index in [9.17, 15) is 9.18 Å². The monoisotopic (exact) mass is 274 g/mol. The number of nitrogens with zero attached hydrogens (tertiary/aromatic N) is 1. The molecular weight excluding hydrogens is 259 g/mol. The van der Waals surface area contributed by atoms with Crippen molar-refractivity contribution >= 4 is 5.78 Å². The number of fused-ring (bicyclic) bond motifs is 2. The fraction of sp³-hybridized carbons (Fsp3) is 0.467. The van der Waals surface area contributed by atoms with Crippen LogP contribution in [-0.2, 0) is 4.74 Å². The molecule has 2 aliphatic heterocycles. The van der Waals surface area contributed by atoms with Crippen LogP contribution in [0.25, 0.3) is 0 Å². The van der Waals surface area contributed by atoms with Gasteiger partial charge in [0, 0.05) is 18.0 Å². The fourth-order valence-electron chi connectivity index (χ4n) is 3.06. The number of nitrogens with one attached hydrogen (secondary N) is 1. The molecule has 0 radical (unpaired) electrons. The molecular formula is C15H15FN2O2. The maximum atomic E-state index is 13.8. The summed E-state index contributed by atoms with van der Waals surface area (Å²) in [7, 11) is 0. The molecule has 1 N–H and O–H groups in total. The summed E-state index contributed by atoms with van der Waals surface area (Å²) >= 11 is 0. The van der Waals surface area contributed by atoms with Gasteiger partial charge in [-0.15, -0.1) is 0 Å². The Kier molecular flexibility index (Phi) is 3.51. The molecule has 1 aromatic carbocycles. The van der Waals surface area contributed by atoms with Crippen LogP contribution in [0, 0.1) is 23.1 Å². The van der Waals surface area contributed by atoms with Crippen molar-refractivity contribution < 1.29 is 13.9 Å². The van der Waals surface area contributed by atoms with E-state index < -0.39 is 5.82 Å². The van der Waals surface area contributed by atoms with Crippen LogP contribution in [0.15, 0.2) is 18.2 Å². The van der Waals surface area contributed by atoms with Gasteiger partial charge < -0.3 is 10.1 Å². The van der Waals surface area contributed by atoms with E-state index in [4.69, 9.17) is 10.00 Å². The van der Waals surface area contributed by atoms with Crippen molar-refractivity contribution in [1.29, 1.82) is 5.26 Å². The minimum Gasteiger partial charge on any atom is -0.378 e. The highest BCUT2D eigenvalue weighted by atomic mass is 19.1. The summed E-state index contributed by atoms with van der Waals surface area (Å²) in [6, 6.07) is 6.20. The van der Waals surface area contributed by atoms with Crippen LogP contribution < -0.4 is 5.32 Å². The Labute approximate surface area is 116 Å². The van der Waals surface area contributed by atoms with Crippen LogP contribution in [-0.4, -0.2) is 31.1 Å². The number of carbonyl (C=O) groups excluding carboxylic acids is 1. The van der Waals surface area contributed by atoms with Crippen molar-refractivity contribution in [2.24, 2.45) is 5.92 Å². The highest BCUT2D eigenvalue weighted by Gasteiger charge is 2.36. The molecule has 2 saturated heterocycles. The predicted molar refractivity (Wildman–Crippen MR) is 69.7 cm³/mol. The second-order valence-corrected chi connectivity index (χ2v) is 5.44. The average Bonchev–Trinajstić information content (AvgIpc) is 2.46. The van der Waals surface area contributed by atoms with Gasteiger partial charge >= 0.3 is 0 Å². The van der Waals surface area contributed by atoms with Crippen LogP contribution in [0.3, 0.4) is 0 Å². The maximum absolute atomic E-state index is 13.8. The van der Waals surface area contributed by atoms with Crippen molar-refractivity contribution in [1.82, 2.24) is 5.32 Å². The average molecular weight is 274 g/mol. The molecule has 2 unspecified atom stereocenters. The zero-order valence-electron chi connectivity index (χ0n) is 10.9. The first-order valence-corrected chi connectivity index (χ1v) is 6.75. The largest absolute Gasteiger partial charge is 0.378 e. The molecule has 2 aliphatic rings. The van der Waals surface area contributed by atoms with Gasteiger partial charge in [0.15, 0.2) is 5.78 Å². The highest BCUT2D eigenvalue weighted by Crippen LogP contribution is 2.28. The lowest BCUT2D eigenvalue weighted by Gasteiger charge is -2.39. The first-order chi connectivity index (χ1) is 9.67. The number of Topliss-reactive ketones (excluding diaryl/α,β-unsaturated/α-hetero) is 1. The van der Waals surface area contributed by atoms with Crippen molar-refractivity contribution in [3.8, 4) is 6.07 Å². The SMILES string of the molecule is N#Cc1ccc(F)c(C(=O)C2CC3COCC(C2)N3)c1. The fourth-order valence-corrected chi connectivity index (χ4v) is 3.06. The first kappa shape index (κ1) is 13.2. The Morgan fingerprint density at radius 1 is 1.35 bits per heavy atom. The summed E-state index contributed by atoms with van der Waals surface area (Å²) in [6.45, 7) is 1.20. The lowest BCUT2D eigenvalue weighted by molar-refractivity contribution is 0.00945. The molecule has 0 spiro atoms. The molecule has 104 valence electrons. The molecule has 20 heavy (non-hydrogen) atoms. The molecule has 0 amide bonds. The Bertz CT molecular complexity index is 570. The molecule has 0 aromatic heterocycles. The van der Waals surface area contributed by atoms with Crippen LogP contribution in [0.5, 0.6) is 0 Å². The molecule has 2 fully saturated rings. The lowest BCUT2D eigenvalue weighted by Crippen LogP contribution is -2.55. The summed E-state index contributed by atoms with van der Waals surface area (Å²) in [5, 5.41) is 12.3. The summed E-state index contributed by atoms with van der Waals surface area (Å²) in [5.41, 5.74) is 0.349. The van der Waals surface area contributed by atoms with Gasteiger partial charge in [-0.2, -0.15) is 5.26 Å². The van der Waals surface area contributed by atoms with E-state index in [1.54, 1.807) is 0 Å². The minimum atomic E-state index is -0.547. The van der Waals surface area contributed by atoms with E-state index in [2.05, 4.69) is 5.32 Å². The van der Waals surface area contributed by atoms with Crippen molar-refractivity contribution in [2.45, 2.75) is 24.9 Å². The molecule has 4 nitrogen and oxygen atoms in total. The predicted octanol–water partition coefficient (Wildman–Crippen LogP) is 1.65. The van der Waals surface area contributed by atoms with Gasteiger partial charge in [0.05, 0.1) is 30.4 Å². The Morgan fingerprint density at radius 3 is 2.70 bits per heavy atom. The third-order valence-corrected chi connectivity index (χ3v) is 3.98. The molecule has 2 heterocycles. The number of ether oxygens (including phenoxy) is 1. The minimum absolute atomic E-state index is 0.0370. The van der Waals surface area contributed by atoms with E-state index in [1.165, 1.54) is 18.2 Å². The van der Waals surface area contributed by atoms with Crippen LogP contribution in [0.2, 0.25) is 0 Å². The van der Waals surface area contributed by atoms with Crippen molar-refractivity contribution in [3.05, 3.63) is 35.1 Å². The molecule has 2 bridgehead atoms. The smallest absolute Gasteiger partial charge is 0.169 e. The third-order valence-electron chi connectivity index (χ3n) is 3.98. The zero-order chi connectivity index (χ0) is 14.1. The summed E-state index contributed by atoms with van der Waals surface area (Å²) in [4.78, 5) is 12.5. The standard InChI is InChI=1S/C15H15FN2O2/c16-14-2-1-9(6-17)3-13(14)15(19)10-4-11-7-20-8-12(5-10)18-11/h1-3,10-12,18H,4-5,7-8H2. The van der Waals surface area contributed by atoms with E-state index in [0.717, 1.165) is 0 Å². The number of nitriles is 1. The molecule has 0 aliphatic carbocycles. The number of piperidine rings is 1. The van der Waals surface area contributed by atoms with E-state index >= 15 is 0 Å². The second-order valence-electron chi connectivity index (χ2n) is 5.44. The van der Waals surface area contributed by atoms with Gasteiger partial charge in [-0.1, -0.05) is 0 Å². The zero-order valence-corrected chi connectivity index (χ0v) is 10.9. The van der Waals surface area contributed by atoms with E-state index in [0.29, 0.717) is 31.6 Å². The number of benzene rings is 1. The summed E-state index contributed by atoms with van der Waals surface area (Å²) < 4.78 is 19.3. The number of hydrogen-bond donors (Lipinski definition) is 1. The van der Waals surface area contributed by atoms with Gasteiger partial charge in [-0.3, -0.25) is 4.79 Å². The van der Waals surface area contributed by atoms with E-state index in [-0.39, 0.29) is 29.3 Å². The normalized spacial score (nSPS) is 28.7. The third kappa shape index (κ3) is 2.45. The van der Waals surface area contributed by atoms with Gasteiger partial charge in [0.2, 0.25) is 0 Å². The van der Waals surface area contributed by atoms with Gasteiger partial charge in [-0.25, -0.2) is 4.39 Å². The van der Waals surface area contributed by atoms with Gasteiger partial charge in [0.1, 0.15) is 5.82 Å². The highest BCUT2D eigenvalue weighted by molar-refractivity contribution is 5.98. The lowest BCUT2D eigenvalue weighted by atomic mass is 9.82. The molecule has 3 rings (SSSR count). The number of ketones is 1. The second kappa shape index (κ2) is 5.31. The van der Waals surface area contributed by atoms with E-state index in [1.807, 2.05) is 6.07 Å². The summed E-state index contributed by atoms with van der Waals surface area (Å²) in [5.74, 6) is -0.939. The molecule has 5 heteroatoms. The van der Waals surface area contributed by atoms with Crippen LogP contribution in [0.1, 0.15) is 28.8 Å². The number of rotatable bonds is 2. The quantitative estimate of drug-likeness (QED) is 0.833. The molecule has 0 saturated carbocycles. The van der Waals surface area contributed by atoms with Crippen molar-refractivity contribution in [2.75, 3.05) is 13.2 Å². The van der Waals surface area contributed by atoms with Crippen molar-refractivity contribution in [3.63, 3.8) is 0 Å². The number of morpholine rings is 1. The topological polar surface area (TPSA) is 62.1 Å². The van der Waals surface area contributed by atoms with Gasteiger partial charge in [0.25, 0.3) is 0 Å². The molecule has 1 aromatic rings. The van der Waals surface area contributed by atoms with Crippen LogP contribution in [0.4, 0.5) is 4.39 Å². The Hall–Kier alpha value is -1.77. The maximum Gasteiger partial charge on any atom is 0.169 e. The Balaban J connectivity index is 1.84. The summed E-state index contributed by atoms with van der Waals surface area (Å²) in [6.07, 6.45) is 1.32. The van der Waals surface area contributed by atoms with Crippen LogP contribution >= 0.6 is 0 Å². The van der Waals surface area contributed by atoms with Gasteiger partial charge in [-0.05, 0) is 31.0 Å². The number of halogens is 1. The Morgan fingerprint density at radius 2 is 2.05 bits per heavy atom. The number of hydrogen-bond acceptors (Lipinski definition) is 4. The number of carbonyl (C=O) groups is 1. The molecule has 2 atom stereocenters. The first-order valence-electron chi connectivity index (χ1n) is 6.75.